The summed E-state index contributed by atoms with van der Waals surface area (Å²) in [5, 5.41) is 4.39. The highest BCUT2D eigenvalue weighted by Gasteiger charge is 2.37. The Balaban J connectivity index is 0.00000176. The molecule has 2 aliphatic rings. The van der Waals surface area contributed by atoms with Crippen LogP contribution in [0.15, 0.2) is 18.2 Å². The van der Waals surface area contributed by atoms with Crippen molar-refractivity contribution in [3.63, 3.8) is 0 Å². The molecule has 0 aliphatic carbocycles. The number of carbonyl (C=O) groups excluding carboxylic acids is 1. The molecule has 0 spiro atoms. The van der Waals surface area contributed by atoms with Gasteiger partial charge in [-0.25, -0.2) is 0 Å². The highest BCUT2D eigenvalue weighted by Crippen LogP contribution is 2.30. The van der Waals surface area contributed by atoms with E-state index < -0.39 is 0 Å². The number of rotatable bonds is 3. The van der Waals surface area contributed by atoms with Crippen LogP contribution in [0.25, 0.3) is 0 Å². The van der Waals surface area contributed by atoms with Gasteiger partial charge in [0.05, 0.1) is 5.02 Å². The van der Waals surface area contributed by atoms with Crippen molar-refractivity contribution in [3.05, 3.63) is 28.2 Å². The highest BCUT2D eigenvalue weighted by atomic mass is 35.5. The average molecular weight is 366 g/mol. The summed E-state index contributed by atoms with van der Waals surface area (Å²) in [5.74, 6) is 0.486. The lowest BCUT2D eigenvalue weighted by Crippen LogP contribution is -2.44. The molecule has 122 valence electrons. The number of nitrogens with zero attached hydrogens (tertiary/aromatic N) is 1. The van der Waals surface area contributed by atoms with Gasteiger partial charge in [-0.2, -0.15) is 0 Å². The maximum Gasteiger partial charge on any atom is 0.261 e. The van der Waals surface area contributed by atoms with Gasteiger partial charge in [0.25, 0.3) is 5.91 Å². The summed E-state index contributed by atoms with van der Waals surface area (Å²) >= 11 is 12.0. The summed E-state index contributed by atoms with van der Waals surface area (Å²) in [5.41, 5.74) is 0. The average Bonchev–Trinajstić information content (AvgIpc) is 2.73. The van der Waals surface area contributed by atoms with Gasteiger partial charge in [-0.15, -0.1) is 12.4 Å². The molecule has 0 aromatic heterocycles. The molecule has 2 heterocycles. The molecule has 3 rings (SSSR count). The summed E-state index contributed by atoms with van der Waals surface area (Å²) in [4.78, 5) is 14.5. The van der Waals surface area contributed by atoms with Gasteiger partial charge in [0.15, 0.2) is 6.61 Å². The summed E-state index contributed by atoms with van der Waals surface area (Å²) in [7, 11) is 0. The molecule has 2 aliphatic heterocycles. The monoisotopic (exact) mass is 364 g/mol. The van der Waals surface area contributed by atoms with Crippen LogP contribution in [0.1, 0.15) is 19.3 Å². The van der Waals surface area contributed by atoms with E-state index in [1.54, 1.807) is 18.2 Å². The molecule has 22 heavy (non-hydrogen) atoms. The highest BCUT2D eigenvalue weighted by molar-refractivity contribution is 6.34. The molecule has 2 atom stereocenters. The molecule has 7 heteroatoms. The van der Waals surface area contributed by atoms with Gasteiger partial charge in [-0.05, 0) is 37.9 Å². The van der Waals surface area contributed by atoms with Crippen LogP contribution in [-0.4, -0.2) is 42.6 Å². The minimum atomic E-state index is 0. The van der Waals surface area contributed by atoms with Crippen molar-refractivity contribution in [2.24, 2.45) is 0 Å². The Kier molecular flexibility index (Phi) is 6.21. The van der Waals surface area contributed by atoms with Gasteiger partial charge in [0.2, 0.25) is 0 Å². The maximum atomic E-state index is 12.5. The molecule has 2 bridgehead atoms. The molecule has 2 unspecified atom stereocenters. The summed E-state index contributed by atoms with van der Waals surface area (Å²) in [6.45, 7) is 1.86. The first-order valence-corrected chi connectivity index (χ1v) is 8.00. The Hall–Kier alpha value is -0.680. The van der Waals surface area contributed by atoms with Crippen LogP contribution in [0, 0.1) is 0 Å². The fourth-order valence-electron chi connectivity index (χ4n) is 3.19. The van der Waals surface area contributed by atoms with Crippen molar-refractivity contribution in [1.82, 2.24) is 10.2 Å². The molecular weight excluding hydrogens is 347 g/mol. The van der Waals surface area contributed by atoms with Crippen LogP contribution < -0.4 is 10.1 Å². The van der Waals surface area contributed by atoms with Gasteiger partial charge in [-0.1, -0.05) is 23.2 Å². The fraction of sp³-hybridized carbons (Fsp3) is 0.533. The zero-order chi connectivity index (χ0) is 14.8. The largest absolute Gasteiger partial charge is 0.482 e. The Bertz CT molecular complexity index is 528. The molecular formula is C15H19Cl3N2O2. The number of hydrogen-bond acceptors (Lipinski definition) is 3. The normalized spacial score (nSPS) is 23.6. The van der Waals surface area contributed by atoms with E-state index in [1.807, 2.05) is 4.90 Å². The first kappa shape index (κ1) is 17.7. The van der Waals surface area contributed by atoms with Gasteiger partial charge < -0.3 is 15.0 Å². The van der Waals surface area contributed by atoms with Crippen LogP contribution in [0.2, 0.25) is 10.0 Å². The molecule has 1 N–H and O–H groups in total. The van der Waals surface area contributed by atoms with Gasteiger partial charge >= 0.3 is 0 Å². The molecule has 0 saturated carbocycles. The molecule has 2 saturated heterocycles. The smallest absolute Gasteiger partial charge is 0.261 e. The summed E-state index contributed by atoms with van der Waals surface area (Å²) in [6.07, 6.45) is 3.18. The van der Waals surface area contributed by atoms with Gasteiger partial charge in [0.1, 0.15) is 5.75 Å². The minimum Gasteiger partial charge on any atom is -0.482 e. The molecule has 1 amide bonds. The second-order valence-corrected chi connectivity index (χ2v) is 6.39. The van der Waals surface area contributed by atoms with Crippen LogP contribution in [0.5, 0.6) is 5.75 Å². The quantitative estimate of drug-likeness (QED) is 0.894. The van der Waals surface area contributed by atoms with Crippen molar-refractivity contribution in [1.29, 1.82) is 0 Å². The predicted octanol–water partition coefficient (Wildman–Crippen LogP) is 3.15. The third-order valence-electron chi connectivity index (χ3n) is 4.19. The van der Waals surface area contributed by atoms with Gasteiger partial charge in [0, 0.05) is 29.7 Å². The Morgan fingerprint density at radius 1 is 1.27 bits per heavy atom. The van der Waals surface area contributed by atoms with E-state index in [0.29, 0.717) is 27.9 Å². The van der Waals surface area contributed by atoms with Crippen molar-refractivity contribution < 1.29 is 9.53 Å². The van der Waals surface area contributed by atoms with Gasteiger partial charge in [-0.3, -0.25) is 4.79 Å². The van der Waals surface area contributed by atoms with Crippen LogP contribution in [0.3, 0.4) is 0 Å². The van der Waals surface area contributed by atoms with E-state index >= 15 is 0 Å². The summed E-state index contributed by atoms with van der Waals surface area (Å²) in [6, 6.07) is 5.64. The number of hydrogen-bond donors (Lipinski definition) is 1. The van der Waals surface area contributed by atoms with Crippen molar-refractivity contribution in [3.8, 4) is 5.75 Å². The number of ether oxygens (including phenoxy) is 1. The number of amides is 1. The Labute approximate surface area is 146 Å². The van der Waals surface area contributed by atoms with Crippen LogP contribution >= 0.6 is 35.6 Å². The first-order valence-electron chi connectivity index (χ1n) is 7.25. The Morgan fingerprint density at radius 2 is 2.05 bits per heavy atom. The van der Waals surface area contributed by atoms with E-state index in [2.05, 4.69) is 5.32 Å². The van der Waals surface area contributed by atoms with E-state index in [4.69, 9.17) is 27.9 Å². The number of benzene rings is 1. The topological polar surface area (TPSA) is 41.6 Å². The predicted molar refractivity (Wildman–Crippen MR) is 90.3 cm³/mol. The lowest BCUT2D eigenvalue weighted by atomic mass is 10.1. The SMILES string of the molecule is Cl.O=C(COc1cc(Cl)ccc1Cl)N1C2CCNCC1CC2. The molecule has 0 radical (unpaired) electrons. The van der Waals surface area contributed by atoms with Crippen molar-refractivity contribution in [2.45, 2.75) is 31.3 Å². The van der Waals surface area contributed by atoms with E-state index in [0.717, 1.165) is 32.4 Å². The number of carbonyl (C=O) groups is 1. The summed E-state index contributed by atoms with van der Waals surface area (Å²) < 4.78 is 5.57. The second kappa shape index (κ2) is 7.73. The molecule has 1 aromatic carbocycles. The fourth-order valence-corrected chi connectivity index (χ4v) is 3.53. The van der Waals surface area contributed by atoms with Crippen LogP contribution in [0.4, 0.5) is 0 Å². The zero-order valence-corrected chi connectivity index (χ0v) is 14.4. The van der Waals surface area contributed by atoms with E-state index in [1.165, 1.54) is 0 Å². The minimum absolute atomic E-state index is 0. The number of fused-ring (bicyclic) bond motifs is 2. The lowest BCUT2D eigenvalue weighted by Gasteiger charge is -2.27. The third-order valence-corrected chi connectivity index (χ3v) is 4.73. The van der Waals surface area contributed by atoms with E-state index in [9.17, 15) is 4.79 Å². The van der Waals surface area contributed by atoms with Crippen molar-refractivity contribution >= 4 is 41.5 Å². The number of nitrogens with one attached hydrogen (secondary N) is 1. The van der Waals surface area contributed by atoms with Crippen LogP contribution in [-0.2, 0) is 4.79 Å². The van der Waals surface area contributed by atoms with E-state index in [-0.39, 0.29) is 24.9 Å². The van der Waals surface area contributed by atoms with Crippen molar-refractivity contribution in [2.75, 3.05) is 19.7 Å². The third kappa shape index (κ3) is 3.80. The molecule has 4 nitrogen and oxygen atoms in total. The lowest BCUT2D eigenvalue weighted by molar-refractivity contribution is -0.135. The zero-order valence-electron chi connectivity index (χ0n) is 12.1. The second-order valence-electron chi connectivity index (χ2n) is 5.54. The Morgan fingerprint density at radius 3 is 2.86 bits per heavy atom. The number of halogens is 3. The maximum absolute atomic E-state index is 12.5. The molecule has 2 fully saturated rings. The standard InChI is InChI=1S/C15H18Cl2N2O2.ClH/c16-10-1-4-13(17)14(7-10)21-9-15(20)19-11-2-3-12(19)8-18-6-5-11;/h1,4,7,11-12,18H,2-3,5-6,8-9H2;1H. The first-order chi connectivity index (χ1) is 10.1. The molecule has 1 aromatic rings.